The van der Waals surface area contributed by atoms with Crippen LogP contribution in [0.1, 0.15) is 39.5 Å². The van der Waals surface area contributed by atoms with Gasteiger partial charge in [-0.2, -0.15) is 0 Å². The van der Waals surface area contributed by atoms with Crippen LogP contribution in [0.2, 0.25) is 0 Å². The molecule has 0 saturated carbocycles. The van der Waals surface area contributed by atoms with Crippen LogP contribution < -0.4 is 10.6 Å². The standard InChI is InChI=1S/C10H20N2O2/c1-3-5-6-7-11-10(14)8-12-9(13)4-2/h3-8H2,1-2H3,(H,11,14)(H,12,13). The molecule has 2 N–H and O–H groups in total. The Hall–Kier alpha value is -1.06. The van der Waals surface area contributed by atoms with Crippen molar-refractivity contribution in [2.45, 2.75) is 39.5 Å². The van der Waals surface area contributed by atoms with Gasteiger partial charge in [-0.15, -0.1) is 0 Å². The van der Waals surface area contributed by atoms with Crippen molar-refractivity contribution in [2.24, 2.45) is 0 Å². The molecule has 14 heavy (non-hydrogen) atoms. The summed E-state index contributed by atoms with van der Waals surface area (Å²) >= 11 is 0. The Morgan fingerprint density at radius 3 is 2.29 bits per heavy atom. The smallest absolute Gasteiger partial charge is 0.239 e. The average molecular weight is 200 g/mol. The van der Waals surface area contributed by atoms with Gasteiger partial charge >= 0.3 is 0 Å². The lowest BCUT2D eigenvalue weighted by atomic mass is 10.2. The number of nitrogens with one attached hydrogen (secondary N) is 2. The molecule has 0 bridgehead atoms. The summed E-state index contributed by atoms with van der Waals surface area (Å²) in [4.78, 5) is 21.9. The molecule has 0 rings (SSSR count). The molecule has 0 aliphatic rings. The summed E-state index contributed by atoms with van der Waals surface area (Å²) < 4.78 is 0. The summed E-state index contributed by atoms with van der Waals surface area (Å²) in [6.45, 7) is 4.67. The molecular formula is C10H20N2O2. The summed E-state index contributed by atoms with van der Waals surface area (Å²) in [5.41, 5.74) is 0. The van der Waals surface area contributed by atoms with E-state index in [1.807, 2.05) is 0 Å². The number of carbonyl (C=O) groups excluding carboxylic acids is 2. The maximum atomic E-state index is 11.1. The van der Waals surface area contributed by atoms with Gasteiger partial charge in [-0.05, 0) is 6.42 Å². The third-order valence-corrected chi connectivity index (χ3v) is 1.87. The van der Waals surface area contributed by atoms with Crippen molar-refractivity contribution in [3.8, 4) is 0 Å². The van der Waals surface area contributed by atoms with Gasteiger partial charge in [-0.25, -0.2) is 0 Å². The minimum absolute atomic E-state index is 0.0892. The van der Waals surface area contributed by atoms with Crippen LogP contribution in [0.15, 0.2) is 0 Å². The fourth-order valence-electron chi connectivity index (χ4n) is 0.969. The van der Waals surface area contributed by atoms with E-state index in [1.54, 1.807) is 6.92 Å². The Balaban J connectivity index is 3.32. The molecule has 0 saturated heterocycles. The maximum absolute atomic E-state index is 11.1. The molecule has 0 unspecified atom stereocenters. The minimum atomic E-state index is -0.108. The SMILES string of the molecule is CCCCCNC(=O)CNC(=O)CC. The Bertz CT molecular complexity index is 181. The Kier molecular flexibility index (Phi) is 7.89. The van der Waals surface area contributed by atoms with Gasteiger partial charge in [-0.3, -0.25) is 9.59 Å². The summed E-state index contributed by atoms with van der Waals surface area (Å²) in [7, 11) is 0. The van der Waals surface area contributed by atoms with E-state index in [2.05, 4.69) is 17.6 Å². The molecule has 0 spiro atoms. The molecule has 0 aliphatic heterocycles. The zero-order valence-electron chi connectivity index (χ0n) is 9.06. The molecule has 0 fully saturated rings. The Morgan fingerprint density at radius 1 is 1.00 bits per heavy atom. The lowest BCUT2D eigenvalue weighted by Gasteiger charge is -2.05. The first-order valence-corrected chi connectivity index (χ1v) is 5.24. The van der Waals surface area contributed by atoms with Crippen LogP contribution in [-0.4, -0.2) is 24.9 Å². The largest absolute Gasteiger partial charge is 0.355 e. The van der Waals surface area contributed by atoms with E-state index < -0.39 is 0 Å². The van der Waals surface area contributed by atoms with Gasteiger partial charge in [0, 0.05) is 13.0 Å². The number of hydrogen-bond donors (Lipinski definition) is 2. The normalized spacial score (nSPS) is 9.57. The van der Waals surface area contributed by atoms with Gasteiger partial charge < -0.3 is 10.6 Å². The predicted molar refractivity (Wildman–Crippen MR) is 55.8 cm³/mol. The monoisotopic (exact) mass is 200 g/mol. The molecule has 0 atom stereocenters. The molecule has 0 heterocycles. The van der Waals surface area contributed by atoms with Crippen molar-refractivity contribution < 1.29 is 9.59 Å². The molecule has 82 valence electrons. The highest BCUT2D eigenvalue weighted by molar-refractivity contribution is 5.84. The summed E-state index contributed by atoms with van der Waals surface area (Å²) in [6.07, 6.45) is 3.69. The highest BCUT2D eigenvalue weighted by atomic mass is 16.2. The van der Waals surface area contributed by atoms with E-state index in [4.69, 9.17) is 0 Å². The van der Waals surface area contributed by atoms with E-state index in [1.165, 1.54) is 0 Å². The van der Waals surface area contributed by atoms with Gasteiger partial charge in [-0.1, -0.05) is 26.7 Å². The third-order valence-electron chi connectivity index (χ3n) is 1.87. The van der Waals surface area contributed by atoms with Crippen LogP contribution >= 0.6 is 0 Å². The second-order valence-electron chi connectivity index (χ2n) is 3.19. The highest BCUT2D eigenvalue weighted by Gasteiger charge is 2.01. The first-order chi connectivity index (χ1) is 6.70. The molecule has 4 heteroatoms. The molecular weight excluding hydrogens is 180 g/mol. The Labute approximate surface area is 85.4 Å². The summed E-state index contributed by atoms with van der Waals surface area (Å²) in [5.74, 6) is -0.198. The molecule has 0 aromatic rings. The average Bonchev–Trinajstić information content (AvgIpc) is 2.21. The van der Waals surface area contributed by atoms with Crippen LogP contribution in [0.3, 0.4) is 0 Å². The van der Waals surface area contributed by atoms with E-state index in [9.17, 15) is 9.59 Å². The number of carbonyl (C=O) groups is 2. The molecule has 0 aromatic carbocycles. The van der Waals surface area contributed by atoms with Crippen molar-refractivity contribution >= 4 is 11.8 Å². The van der Waals surface area contributed by atoms with Gasteiger partial charge in [0.1, 0.15) is 0 Å². The van der Waals surface area contributed by atoms with Gasteiger partial charge in [0.2, 0.25) is 11.8 Å². The Morgan fingerprint density at radius 2 is 1.71 bits per heavy atom. The van der Waals surface area contributed by atoms with Crippen molar-refractivity contribution in [3.63, 3.8) is 0 Å². The van der Waals surface area contributed by atoms with Crippen LogP contribution in [-0.2, 0) is 9.59 Å². The van der Waals surface area contributed by atoms with Crippen molar-refractivity contribution in [2.75, 3.05) is 13.1 Å². The molecule has 0 aromatic heterocycles. The lowest BCUT2D eigenvalue weighted by molar-refractivity contribution is -0.125. The maximum Gasteiger partial charge on any atom is 0.239 e. The first kappa shape index (κ1) is 12.9. The van der Waals surface area contributed by atoms with Crippen LogP contribution in [0, 0.1) is 0 Å². The van der Waals surface area contributed by atoms with Gasteiger partial charge in [0.25, 0.3) is 0 Å². The number of rotatable bonds is 7. The topological polar surface area (TPSA) is 58.2 Å². The van der Waals surface area contributed by atoms with Gasteiger partial charge in [0.15, 0.2) is 0 Å². The number of hydrogen-bond acceptors (Lipinski definition) is 2. The predicted octanol–water partition coefficient (Wildman–Crippen LogP) is 0.819. The van der Waals surface area contributed by atoms with E-state index >= 15 is 0 Å². The van der Waals surface area contributed by atoms with E-state index in [0.29, 0.717) is 13.0 Å². The molecule has 2 amide bonds. The fourth-order valence-corrected chi connectivity index (χ4v) is 0.969. The molecule has 0 radical (unpaired) electrons. The number of amides is 2. The van der Waals surface area contributed by atoms with Crippen molar-refractivity contribution in [1.29, 1.82) is 0 Å². The van der Waals surface area contributed by atoms with Crippen molar-refractivity contribution in [1.82, 2.24) is 10.6 Å². The van der Waals surface area contributed by atoms with Gasteiger partial charge in [0.05, 0.1) is 6.54 Å². The van der Waals surface area contributed by atoms with Crippen LogP contribution in [0.5, 0.6) is 0 Å². The second kappa shape index (κ2) is 8.53. The summed E-state index contributed by atoms with van der Waals surface area (Å²) in [5, 5.41) is 5.27. The second-order valence-corrected chi connectivity index (χ2v) is 3.19. The van der Waals surface area contributed by atoms with E-state index in [-0.39, 0.29) is 18.4 Å². The first-order valence-electron chi connectivity index (χ1n) is 5.24. The highest BCUT2D eigenvalue weighted by Crippen LogP contribution is 1.90. The van der Waals surface area contributed by atoms with Crippen molar-refractivity contribution in [3.05, 3.63) is 0 Å². The minimum Gasteiger partial charge on any atom is -0.355 e. The van der Waals surface area contributed by atoms with Crippen LogP contribution in [0.4, 0.5) is 0 Å². The summed E-state index contributed by atoms with van der Waals surface area (Å²) in [6, 6.07) is 0. The molecule has 0 aliphatic carbocycles. The van der Waals surface area contributed by atoms with E-state index in [0.717, 1.165) is 19.3 Å². The van der Waals surface area contributed by atoms with Crippen LogP contribution in [0.25, 0.3) is 0 Å². The zero-order chi connectivity index (χ0) is 10.8. The zero-order valence-corrected chi connectivity index (χ0v) is 9.06. The third kappa shape index (κ3) is 7.58. The quantitative estimate of drug-likeness (QED) is 0.598. The lowest BCUT2D eigenvalue weighted by Crippen LogP contribution is -2.36. The number of unbranched alkanes of at least 4 members (excludes halogenated alkanes) is 2. The fraction of sp³-hybridized carbons (Fsp3) is 0.800. The molecule has 4 nitrogen and oxygen atoms in total.